The van der Waals surface area contributed by atoms with E-state index in [1.165, 1.54) is 0 Å². The fourth-order valence-corrected chi connectivity index (χ4v) is 4.23. The second-order valence-electron chi connectivity index (χ2n) is 7.88. The van der Waals surface area contributed by atoms with Gasteiger partial charge in [0.1, 0.15) is 0 Å². The largest absolute Gasteiger partial charge is 0.385 e. The van der Waals surface area contributed by atoms with Crippen LogP contribution in [-0.2, 0) is 10.4 Å². The molecule has 2 aromatic rings. The highest BCUT2D eigenvalue weighted by molar-refractivity contribution is 5.96. The molecule has 0 bridgehead atoms. The molecule has 1 aromatic heterocycles. The predicted molar refractivity (Wildman–Crippen MR) is 107 cm³/mol. The van der Waals surface area contributed by atoms with Crippen molar-refractivity contribution in [2.45, 2.75) is 58.6 Å². The van der Waals surface area contributed by atoms with Crippen LogP contribution in [0.2, 0.25) is 0 Å². The summed E-state index contributed by atoms with van der Waals surface area (Å²) in [4.78, 5) is 26.4. The third kappa shape index (κ3) is 3.87. The molecule has 1 saturated heterocycles. The fraction of sp³-hybridized carbons (Fsp3) is 0.500. The second-order valence-corrected chi connectivity index (χ2v) is 7.88. The number of aromatic nitrogens is 2. The van der Waals surface area contributed by atoms with Crippen molar-refractivity contribution in [3.8, 4) is 0 Å². The van der Waals surface area contributed by atoms with Gasteiger partial charge in [-0.3, -0.25) is 14.3 Å². The topological polar surface area (TPSA) is 75.4 Å². The van der Waals surface area contributed by atoms with Crippen LogP contribution in [0.25, 0.3) is 0 Å². The molecule has 0 radical (unpaired) electrons. The fourth-order valence-electron chi connectivity index (χ4n) is 4.23. The molecule has 0 spiro atoms. The smallest absolute Gasteiger partial charge is 0.224 e. The van der Waals surface area contributed by atoms with E-state index in [1.54, 1.807) is 11.6 Å². The Morgan fingerprint density at radius 3 is 2.32 bits per heavy atom. The highest BCUT2D eigenvalue weighted by Gasteiger charge is 2.35. The first-order chi connectivity index (χ1) is 13.2. The van der Waals surface area contributed by atoms with Gasteiger partial charge in [-0.1, -0.05) is 30.3 Å². The third-order valence-corrected chi connectivity index (χ3v) is 5.82. The lowest BCUT2D eigenvalue weighted by atomic mass is 9.84. The number of nitrogens with zero attached hydrogens (tertiary/aromatic N) is 3. The van der Waals surface area contributed by atoms with Gasteiger partial charge in [-0.15, -0.1) is 0 Å². The maximum Gasteiger partial charge on any atom is 0.224 e. The summed E-state index contributed by atoms with van der Waals surface area (Å²) in [5.74, 6) is 0.0514. The van der Waals surface area contributed by atoms with Crippen LogP contribution in [0.5, 0.6) is 0 Å². The first-order valence-electron chi connectivity index (χ1n) is 9.85. The first-order valence-corrected chi connectivity index (χ1v) is 9.85. The quantitative estimate of drug-likeness (QED) is 0.805. The summed E-state index contributed by atoms with van der Waals surface area (Å²) in [7, 11) is 0. The summed E-state index contributed by atoms with van der Waals surface area (Å²) >= 11 is 0. The van der Waals surface area contributed by atoms with E-state index in [0.717, 1.165) is 11.3 Å². The van der Waals surface area contributed by atoms with Gasteiger partial charge >= 0.3 is 0 Å². The summed E-state index contributed by atoms with van der Waals surface area (Å²) in [5, 5.41) is 15.4. The minimum absolute atomic E-state index is 0.00370. The van der Waals surface area contributed by atoms with E-state index < -0.39 is 5.60 Å². The SMILES string of the molecule is CC(=O)c1c(C)nn([C@H](C)CC(=O)N2CCC(O)(c3ccccc3)CC2)c1C. The van der Waals surface area contributed by atoms with E-state index in [-0.39, 0.29) is 17.7 Å². The Hall–Kier alpha value is -2.47. The number of hydrogen-bond acceptors (Lipinski definition) is 4. The average molecular weight is 383 g/mol. The molecule has 6 heteroatoms. The Bertz CT molecular complexity index is 865. The van der Waals surface area contributed by atoms with Gasteiger partial charge in [-0.05, 0) is 46.1 Å². The van der Waals surface area contributed by atoms with Gasteiger partial charge < -0.3 is 10.0 Å². The number of piperidine rings is 1. The number of amides is 1. The van der Waals surface area contributed by atoms with Gasteiger partial charge in [-0.25, -0.2) is 0 Å². The minimum atomic E-state index is -0.865. The highest BCUT2D eigenvalue weighted by atomic mass is 16.3. The highest BCUT2D eigenvalue weighted by Crippen LogP contribution is 2.33. The van der Waals surface area contributed by atoms with Gasteiger partial charge in [0.15, 0.2) is 5.78 Å². The monoisotopic (exact) mass is 383 g/mol. The Morgan fingerprint density at radius 2 is 1.79 bits per heavy atom. The van der Waals surface area contributed by atoms with Crippen molar-refractivity contribution in [3.05, 3.63) is 52.8 Å². The number of benzene rings is 1. The van der Waals surface area contributed by atoms with Crippen LogP contribution in [0.3, 0.4) is 0 Å². The zero-order valence-electron chi connectivity index (χ0n) is 17.1. The predicted octanol–water partition coefficient (Wildman–Crippen LogP) is 3.16. The summed E-state index contributed by atoms with van der Waals surface area (Å²) < 4.78 is 1.79. The zero-order chi connectivity index (χ0) is 20.5. The number of carbonyl (C=O) groups excluding carboxylic acids is 2. The summed E-state index contributed by atoms with van der Waals surface area (Å²) in [6.45, 7) is 8.26. The minimum Gasteiger partial charge on any atom is -0.385 e. The van der Waals surface area contributed by atoms with Gasteiger partial charge in [0.05, 0.1) is 22.9 Å². The van der Waals surface area contributed by atoms with Crippen molar-refractivity contribution < 1.29 is 14.7 Å². The molecule has 3 rings (SSSR count). The lowest BCUT2D eigenvalue weighted by Gasteiger charge is -2.39. The van der Waals surface area contributed by atoms with Crippen molar-refractivity contribution >= 4 is 11.7 Å². The molecule has 0 aliphatic carbocycles. The summed E-state index contributed by atoms with van der Waals surface area (Å²) in [6.07, 6.45) is 1.39. The van der Waals surface area contributed by atoms with Gasteiger partial charge in [0.25, 0.3) is 0 Å². The number of rotatable bonds is 5. The van der Waals surface area contributed by atoms with Crippen molar-refractivity contribution in [1.82, 2.24) is 14.7 Å². The number of hydrogen-bond donors (Lipinski definition) is 1. The third-order valence-electron chi connectivity index (χ3n) is 5.82. The molecule has 1 aromatic carbocycles. The number of ketones is 1. The standard InChI is InChI=1S/C22H29N3O3/c1-15(25-17(3)21(18(4)26)16(2)23-25)14-20(27)24-12-10-22(28,11-13-24)19-8-6-5-7-9-19/h5-9,15,28H,10-14H2,1-4H3/t15-/m1/s1. The molecule has 150 valence electrons. The molecule has 28 heavy (non-hydrogen) atoms. The Labute approximate surface area is 166 Å². The molecule has 6 nitrogen and oxygen atoms in total. The van der Waals surface area contributed by atoms with E-state index in [9.17, 15) is 14.7 Å². The van der Waals surface area contributed by atoms with E-state index in [1.807, 2.05) is 56.0 Å². The number of carbonyl (C=O) groups is 2. The van der Waals surface area contributed by atoms with E-state index in [0.29, 0.717) is 43.6 Å². The Morgan fingerprint density at radius 1 is 1.18 bits per heavy atom. The Balaban J connectivity index is 1.63. The van der Waals surface area contributed by atoms with E-state index >= 15 is 0 Å². The Kier molecular flexibility index (Phi) is 5.70. The molecule has 1 atom stereocenters. The number of likely N-dealkylation sites (tertiary alicyclic amines) is 1. The maximum absolute atomic E-state index is 12.8. The van der Waals surface area contributed by atoms with Crippen LogP contribution in [0.15, 0.2) is 30.3 Å². The van der Waals surface area contributed by atoms with Crippen LogP contribution < -0.4 is 0 Å². The van der Waals surface area contributed by atoms with Crippen LogP contribution in [-0.4, -0.2) is 44.6 Å². The van der Waals surface area contributed by atoms with Gasteiger partial charge in [0, 0.05) is 25.2 Å². The van der Waals surface area contributed by atoms with Crippen molar-refractivity contribution in [1.29, 1.82) is 0 Å². The number of Topliss-reactive ketones (excluding diaryl/α,β-unsaturated/α-hetero) is 1. The normalized spacial score (nSPS) is 17.4. The second kappa shape index (κ2) is 7.87. The molecule has 1 aliphatic rings. The molecular formula is C22H29N3O3. The van der Waals surface area contributed by atoms with Crippen LogP contribution in [0, 0.1) is 13.8 Å². The molecule has 2 heterocycles. The number of aryl methyl sites for hydroxylation is 1. The van der Waals surface area contributed by atoms with Gasteiger partial charge in [0.2, 0.25) is 5.91 Å². The maximum atomic E-state index is 12.8. The van der Waals surface area contributed by atoms with Crippen molar-refractivity contribution in [2.24, 2.45) is 0 Å². The first kappa shape index (κ1) is 20.3. The molecule has 1 amide bonds. The molecule has 1 aliphatic heterocycles. The molecular weight excluding hydrogens is 354 g/mol. The van der Waals surface area contributed by atoms with Crippen LogP contribution in [0.4, 0.5) is 0 Å². The zero-order valence-corrected chi connectivity index (χ0v) is 17.1. The van der Waals surface area contributed by atoms with Crippen molar-refractivity contribution in [2.75, 3.05) is 13.1 Å². The molecule has 1 N–H and O–H groups in total. The van der Waals surface area contributed by atoms with E-state index in [4.69, 9.17) is 0 Å². The number of aliphatic hydroxyl groups is 1. The molecule has 0 saturated carbocycles. The average Bonchev–Trinajstić information content (AvgIpc) is 2.97. The van der Waals surface area contributed by atoms with Crippen LogP contribution >= 0.6 is 0 Å². The lowest BCUT2D eigenvalue weighted by Crippen LogP contribution is -2.45. The lowest BCUT2D eigenvalue weighted by molar-refractivity contribution is -0.136. The van der Waals surface area contributed by atoms with Crippen LogP contribution in [0.1, 0.15) is 66.5 Å². The molecule has 1 fully saturated rings. The van der Waals surface area contributed by atoms with Crippen molar-refractivity contribution in [3.63, 3.8) is 0 Å². The van der Waals surface area contributed by atoms with E-state index in [2.05, 4.69) is 5.10 Å². The van der Waals surface area contributed by atoms with Gasteiger partial charge in [-0.2, -0.15) is 5.10 Å². The molecule has 0 unspecified atom stereocenters. The summed E-state index contributed by atoms with van der Waals surface area (Å²) in [6, 6.07) is 9.54. The summed E-state index contributed by atoms with van der Waals surface area (Å²) in [5.41, 5.74) is 2.20.